The van der Waals surface area contributed by atoms with Gasteiger partial charge in [-0.3, -0.25) is 4.79 Å². The minimum Gasteiger partial charge on any atom is -0.348 e. The first-order valence-corrected chi connectivity index (χ1v) is 7.29. The van der Waals surface area contributed by atoms with Crippen LogP contribution in [0.1, 0.15) is 27.0 Å². The van der Waals surface area contributed by atoms with Crippen molar-refractivity contribution in [2.24, 2.45) is 5.73 Å². The Morgan fingerprint density at radius 3 is 2.43 bits per heavy atom. The molecule has 0 fully saturated rings. The van der Waals surface area contributed by atoms with Crippen LogP contribution in [0.5, 0.6) is 0 Å². The molecule has 2 aromatic rings. The highest BCUT2D eigenvalue weighted by atomic mass is 35.5. The Labute approximate surface area is 130 Å². The highest BCUT2D eigenvalue weighted by Crippen LogP contribution is 2.14. The summed E-state index contributed by atoms with van der Waals surface area (Å²) < 4.78 is 0. The van der Waals surface area contributed by atoms with Gasteiger partial charge in [-0.1, -0.05) is 35.9 Å². The number of nitrogens with one attached hydrogen (secondary N) is 1. The topological polar surface area (TPSA) is 55.1 Å². The smallest absolute Gasteiger partial charge is 0.251 e. The first kappa shape index (κ1) is 15.5. The minimum atomic E-state index is -0.119. The minimum absolute atomic E-state index is 0.119. The summed E-state index contributed by atoms with van der Waals surface area (Å²) in [5, 5.41) is 3.47. The zero-order valence-electron chi connectivity index (χ0n) is 12.0. The van der Waals surface area contributed by atoms with E-state index in [2.05, 4.69) is 5.32 Å². The largest absolute Gasteiger partial charge is 0.348 e. The molecule has 0 heterocycles. The third kappa shape index (κ3) is 4.59. The number of halogens is 1. The van der Waals surface area contributed by atoms with Gasteiger partial charge in [0.1, 0.15) is 0 Å². The molecule has 2 rings (SSSR count). The number of hydrogen-bond acceptors (Lipinski definition) is 2. The van der Waals surface area contributed by atoms with Crippen molar-refractivity contribution in [2.45, 2.75) is 19.9 Å². The maximum Gasteiger partial charge on any atom is 0.251 e. The van der Waals surface area contributed by atoms with Crippen LogP contribution in [-0.4, -0.2) is 12.5 Å². The first-order chi connectivity index (χ1) is 10.1. The lowest BCUT2D eigenvalue weighted by molar-refractivity contribution is 0.0951. The fraction of sp³-hybridized carbons (Fsp3) is 0.235. The molecule has 0 aliphatic heterocycles. The summed E-state index contributed by atoms with van der Waals surface area (Å²) in [7, 11) is 0. The summed E-state index contributed by atoms with van der Waals surface area (Å²) >= 11 is 5.97. The number of carbonyl (C=O) groups excluding carboxylic acids is 1. The van der Waals surface area contributed by atoms with Gasteiger partial charge in [-0.05, 0) is 54.8 Å². The molecular formula is C17H19ClN2O. The number of hydrogen-bond donors (Lipinski definition) is 2. The zero-order chi connectivity index (χ0) is 15.2. The lowest BCUT2D eigenvalue weighted by Gasteiger charge is -2.07. The predicted molar refractivity (Wildman–Crippen MR) is 86.6 cm³/mol. The Bertz CT molecular complexity index is 603. The van der Waals surface area contributed by atoms with Gasteiger partial charge in [0.2, 0.25) is 0 Å². The SMILES string of the molecule is Cc1cc(Cl)cc(C(=O)NCc2ccc(CCN)cc2)c1. The number of carbonyl (C=O) groups is 1. The number of aryl methyl sites for hydroxylation is 1. The normalized spacial score (nSPS) is 10.4. The van der Waals surface area contributed by atoms with Crippen molar-refractivity contribution in [1.29, 1.82) is 0 Å². The molecule has 21 heavy (non-hydrogen) atoms. The number of amides is 1. The quantitative estimate of drug-likeness (QED) is 0.892. The highest BCUT2D eigenvalue weighted by Gasteiger charge is 2.07. The molecule has 0 aliphatic rings. The molecule has 0 spiro atoms. The Morgan fingerprint density at radius 1 is 1.14 bits per heavy atom. The van der Waals surface area contributed by atoms with Gasteiger partial charge in [0.25, 0.3) is 5.91 Å². The molecule has 0 aliphatic carbocycles. The molecule has 0 aromatic heterocycles. The highest BCUT2D eigenvalue weighted by molar-refractivity contribution is 6.31. The van der Waals surface area contributed by atoms with Gasteiger partial charge in [-0.2, -0.15) is 0 Å². The molecule has 3 nitrogen and oxygen atoms in total. The van der Waals surface area contributed by atoms with Crippen LogP contribution in [0.15, 0.2) is 42.5 Å². The maximum atomic E-state index is 12.1. The monoisotopic (exact) mass is 302 g/mol. The van der Waals surface area contributed by atoms with Gasteiger partial charge in [0.05, 0.1) is 0 Å². The molecule has 0 atom stereocenters. The molecule has 2 aromatic carbocycles. The molecule has 0 radical (unpaired) electrons. The molecule has 110 valence electrons. The molecule has 0 saturated carbocycles. The van der Waals surface area contributed by atoms with E-state index in [1.54, 1.807) is 6.07 Å². The average molecular weight is 303 g/mol. The number of benzene rings is 2. The summed E-state index contributed by atoms with van der Waals surface area (Å²) in [5.41, 5.74) is 9.34. The van der Waals surface area contributed by atoms with Crippen LogP contribution in [0, 0.1) is 6.92 Å². The van der Waals surface area contributed by atoms with Crippen LogP contribution in [0.3, 0.4) is 0 Å². The molecule has 0 unspecified atom stereocenters. The van der Waals surface area contributed by atoms with Gasteiger partial charge >= 0.3 is 0 Å². The fourth-order valence-corrected chi connectivity index (χ4v) is 2.43. The van der Waals surface area contributed by atoms with Crippen LogP contribution >= 0.6 is 11.6 Å². The maximum absolute atomic E-state index is 12.1. The molecule has 3 N–H and O–H groups in total. The van der Waals surface area contributed by atoms with E-state index >= 15 is 0 Å². The average Bonchev–Trinajstić information content (AvgIpc) is 2.45. The Morgan fingerprint density at radius 2 is 1.81 bits per heavy atom. The van der Waals surface area contributed by atoms with Gasteiger partial charge in [-0.25, -0.2) is 0 Å². The van der Waals surface area contributed by atoms with Gasteiger partial charge in [0, 0.05) is 17.1 Å². The lowest BCUT2D eigenvalue weighted by atomic mass is 10.1. The van der Waals surface area contributed by atoms with E-state index in [1.807, 2.05) is 43.3 Å². The van der Waals surface area contributed by atoms with Gasteiger partial charge < -0.3 is 11.1 Å². The van der Waals surface area contributed by atoms with Gasteiger partial charge in [-0.15, -0.1) is 0 Å². The van der Waals surface area contributed by atoms with Crippen molar-refractivity contribution in [3.63, 3.8) is 0 Å². The van der Waals surface area contributed by atoms with E-state index < -0.39 is 0 Å². The molecule has 1 amide bonds. The predicted octanol–water partition coefficient (Wildman–Crippen LogP) is 3.08. The van der Waals surface area contributed by atoms with E-state index in [1.165, 1.54) is 5.56 Å². The van der Waals surface area contributed by atoms with E-state index in [-0.39, 0.29) is 5.91 Å². The van der Waals surface area contributed by atoms with Crippen LogP contribution < -0.4 is 11.1 Å². The summed E-state index contributed by atoms with van der Waals surface area (Å²) in [6, 6.07) is 13.4. The molecule has 0 saturated heterocycles. The van der Waals surface area contributed by atoms with Crippen molar-refractivity contribution in [2.75, 3.05) is 6.54 Å². The van der Waals surface area contributed by atoms with Crippen molar-refractivity contribution in [3.05, 3.63) is 69.7 Å². The third-order valence-electron chi connectivity index (χ3n) is 3.21. The molecule has 4 heteroatoms. The van der Waals surface area contributed by atoms with Gasteiger partial charge in [0.15, 0.2) is 0 Å². The Balaban J connectivity index is 1.97. The first-order valence-electron chi connectivity index (χ1n) is 6.92. The molecule has 0 bridgehead atoms. The standard InChI is InChI=1S/C17H19ClN2O/c1-12-8-15(10-16(18)9-12)17(21)20-11-14-4-2-13(3-5-14)6-7-19/h2-5,8-10H,6-7,11,19H2,1H3,(H,20,21). The van der Waals surface area contributed by atoms with E-state index in [4.69, 9.17) is 17.3 Å². The van der Waals surface area contributed by atoms with Crippen LogP contribution in [-0.2, 0) is 13.0 Å². The van der Waals surface area contributed by atoms with Crippen LogP contribution in [0.25, 0.3) is 0 Å². The summed E-state index contributed by atoms with van der Waals surface area (Å²) in [6.45, 7) is 3.05. The van der Waals surface area contributed by atoms with Crippen LogP contribution in [0.2, 0.25) is 5.02 Å². The van der Waals surface area contributed by atoms with Crippen molar-refractivity contribution < 1.29 is 4.79 Å². The summed E-state index contributed by atoms with van der Waals surface area (Å²) in [6.07, 6.45) is 0.869. The zero-order valence-corrected chi connectivity index (χ0v) is 12.8. The fourth-order valence-electron chi connectivity index (χ4n) is 2.14. The second-order valence-corrected chi connectivity index (χ2v) is 5.49. The van der Waals surface area contributed by atoms with E-state index in [9.17, 15) is 4.79 Å². The Kier molecular flexibility index (Phi) is 5.37. The third-order valence-corrected chi connectivity index (χ3v) is 3.43. The number of rotatable bonds is 5. The van der Waals surface area contributed by atoms with E-state index in [0.29, 0.717) is 23.7 Å². The Hall–Kier alpha value is -1.84. The molecular weight excluding hydrogens is 284 g/mol. The second kappa shape index (κ2) is 7.25. The van der Waals surface area contributed by atoms with Crippen molar-refractivity contribution >= 4 is 17.5 Å². The summed E-state index contributed by atoms with van der Waals surface area (Å²) in [4.78, 5) is 12.1. The van der Waals surface area contributed by atoms with Crippen molar-refractivity contribution in [1.82, 2.24) is 5.32 Å². The van der Waals surface area contributed by atoms with E-state index in [0.717, 1.165) is 17.5 Å². The lowest BCUT2D eigenvalue weighted by Crippen LogP contribution is -2.22. The van der Waals surface area contributed by atoms with Crippen LogP contribution in [0.4, 0.5) is 0 Å². The second-order valence-electron chi connectivity index (χ2n) is 5.06. The number of nitrogens with two attached hydrogens (primary N) is 1. The summed E-state index contributed by atoms with van der Waals surface area (Å²) in [5.74, 6) is -0.119. The van der Waals surface area contributed by atoms with Crippen molar-refractivity contribution in [3.8, 4) is 0 Å².